The molecule has 1 aromatic carbocycles. The van der Waals surface area contributed by atoms with Crippen molar-refractivity contribution in [1.82, 2.24) is 0 Å². The highest BCUT2D eigenvalue weighted by molar-refractivity contribution is 5.46. The highest BCUT2D eigenvalue weighted by atomic mass is 19.1. The van der Waals surface area contributed by atoms with E-state index in [1.165, 1.54) is 19.6 Å². The van der Waals surface area contributed by atoms with Gasteiger partial charge in [0.25, 0.3) is 0 Å². The third-order valence-electron chi connectivity index (χ3n) is 4.21. The van der Waals surface area contributed by atoms with E-state index in [0.29, 0.717) is 23.6 Å². The van der Waals surface area contributed by atoms with E-state index >= 15 is 0 Å². The van der Waals surface area contributed by atoms with E-state index in [9.17, 15) is 4.39 Å². The average Bonchev–Trinajstić information content (AvgIpc) is 2.46. The summed E-state index contributed by atoms with van der Waals surface area (Å²) in [5, 5.41) is 0. The van der Waals surface area contributed by atoms with Gasteiger partial charge in [-0.05, 0) is 12.8 Å². The molecule has 0 heterocycles. The van der Waals surface area contributed by atoms with Crippen molar-refractivity contribution in [3.05, 3.63) is 23.5 Å². The lowest BCUT2D eigenvalue weighted by atomic mass is 9.69. The fraction of sp³-hybridized carbons (Fsp3) is 0.600. The SMILES string of the molecule is COc1cc(F)c(C2(CN)CCCCC2)c(OC)c1. The summed E-state index contributed by atoms with van der Waals surface area (Å²) in [5.74, 6) is 0.744. The zero-order chi connectivity index (χ0) is 13.9. The number of hydrogen-bond donors (Lipinski definition) is 1. The second-order valence-corrected chi connectivity index (χ2v) is 5.23. The van der Waals surface area contributed by atoms with Crippen molar-refractivity contribution in [2.24, 2.45) is 5.73 Å². The number of hydrogen-bond acceptors (Lipinski definition) is 3. The first-order chi connectivity index (χ1) is 9.16. The molecule has 0 atom stereocenters. The summed E-state index contributed by atoms with van der Waals surface area (Å²) < 4.78 is 25.0. The van der Waals surface area contributed by atoms with Crippen LogP contribution in [0.4, 0.5) is 4.39 Å². The molecule has 0 unspecified atom stereocenters. The molecular formula is C15H22FNO2. The molecule has 4 heteroatoms. The summed E-state index contributed by atoms with van der Waals surface area (Å²) in [4.78, 5) is 0. The van der Waals surface area contributed by atoms with Crippen LogP contribution in [0.3, 0.4) is 0 Å². The first kappa shape index (κ1) is 14.1. The van der Waals surface area contributed by atoms with E-state index in [1.807, 2.05) is 0 Å². The van der Waals surface area contributed by atoms with Crippen LogP contribution >= 0.6 is 0 Å². The predicted molar refractivity (Wildman–Crippen MR) is 73.3 cm³/mol. The largest absolute Gasteiger partial charge is 0.497 e. The lowest BCUT2D eigenvalue weighted by molar-refractivity contribution is 0.276. The summed E-state index contributed by atoms with van der Waals surface area (Å²) in [6, 6.07) is 3.16. The summed E-state index contributed by atoms with van der Waals surface area (Å²) in [6.45, 7) is 0.451. The summed E-state index contributed by atoms with van der Waals surface area (Å²) in [6.07, 6.45) is 5.21. The summed E-state index contributed by atoms with van der Waals surface area (Å²) in [7, 11) is 3.08. The molecule has 2 rings (SSSR count). The molecule has 0 saturated heterocycles. The normalized spacial score (nSPS) is 18.1. The highest BCUT2D eigenvalue weighted by Crippen LogP contribution is 2.45. The van der Waals surface area contributed by atoms with Gasteiger partial charge in [-0.25, -0.2) is 4.39 Å². The molecule has 0 amide bonds. The van der Waals surface area contributed by atoms with Gasteiger partial charge >= 0.3 is 0 Å². The van der Waals surface area contributed by atoms with Crippen molar-refractivity contribution in [3.63, 3.8) is 0 Å². The Hall–Kier alpha value is -1.29. The van der Waals surface area contributed by atoms with Gasteiger partial charge in [0.15, 0.2) is 0 Å². The smallest absolute Gasteiger partial charge is 0.134 e. The number of ether oxygens (including phenoxy) is 2. The Morgan fingerprint density at radius 3 is 2.37 bits per heavy atom. The van der Waals surface area contributed by atoms with Crippen LogP contribution in [0.15, 0.2) is 12.1 Å². The van der Waals surface area contributed by atoms with Crippen molar-refractivity contribution in [2.45, 2.75) is 37.5 Å². The molecule has 0 radical (unpaired) electrons. The van der Waals surface area contributed by atoms with Gasteiger partial charge in [-0.3, -0.25) is 0 Å². The third kappa shape index (κ3) is 2.54. The Morgan fingerprint density at radius 2 is 1.84 bits per heavy atom. The molecule has 0 aliphatic heterocycles. The molecule has 1 aromatic rings. The van der Waals surface area contributed by atoms with Crippen molar-refractivity contribution in [3.8, 4) is 11.5 Å². The fourth-order valence-corrected chi connectivity index (χ4v) is 3.14. The van der Waals surface area contributed by atoms with Crippen LogP contribution in [-0.2, 0) is 5.41 Å². The standard InChI is InChI=1S/C15H22FNO2/c1-18-11-8-12(16)14(13(9-11)19-2)15(10-17)6-4-3-5-7-15/h8-9H,3-7,10,17H2,1-2H3. The number of halogens is 1. The molecule has 0 bridgehead atoms. The van der Waals surface area contributed by atoms with Crippen molar-refractivity contribution >= 4 is 0 Å². The molecule has 1 aliphatic rings. The van der Waals surface area contributed by atoms with Crippen LogP contribution in [0.1, 0.15) is 37.7 Å². The van der Waals surface area contributed by atoms with Gasteiger partial charge in [-0.15, -0.1) is 0 Å². The monoisotopic (exact) mass is 267 g/mol. The van der Waals surface area contributed by atoms with E-state index in [-0.39, 0.29) is 11.2 Å². The van der Waals surface area contributed by atoms with Gasteiger partial charge < -0.3 is 15.2 Å². The Balaban J connectivity index is 2.52. The summed E-state index contributed by atoms with van der Waals surface area (Å²) >= 11 is 0. The Bertz CT molecular complexity index is 442. The predicted octanol–water partition coefficient (Wildman–Crippen LogP) is 3.00. The molecular weight excluding hydrogens is 245 g/mol. The Kier molecular flexibility index (Phi) is 4.30. The molecule has 2 N–H and O–H groups in total. The molecule has 19 heavy (non-hydrogen) atoms. The average molecular weight is 267 g/mol. The van der Waals surface area contributed by atoms with Gasteiger partial charge in [-0.1, -0.05) is 19.3 Å². The van der Waals surface area contributed by atoms with Crippen LogP contribution in [0.25, 0.3) is 0 Å². The minimum absolute atomic E-state index is 0.274. The van der Waals surface area contributed by atoms with E-state index in [4.69, 9.17) is 15.2 Å². The van der Waals surface area contributed by atoms with E-state index in [0.717, 1.165) is 25.7 Å². The number of nitrogens with two attached hydrogens (primary N) is 1. The zero-order valence-corrected chi connectivity index (χ0v) is 11.7. The maximum absolute atomic E-state index is 14.5. The van der Waals surface area contributed by atoms with Crippen molar-refractivity contribution < 1.29 is 13.9 Å². The molecule has 1 aliphatic carbocycles. The molecule has 0 spiro atoms. The van der Waals surface area contributed by atoms with Gasteiger partial charge in [0.05, 0.1) is 14.2 Å². The number of rotatable bonds is 4. The first-order valence-electron chi connectivity index (χ1n) is 6.79. The molecule has 1 saturated carbocycles. The molecule has 0 aromatic heterocycles. The third-order valence-corrected chi connectivity index (χ3v) is 4.21. The lowest BCUT2D eigenvalue weighted by Gasteiger charge is -2.37. The van der Waals surface area contributed by atoms with Crippen molar-refractivity contribution in [2.75, 3.05) is 20.8 Å². The van der Waals surface area contributed by atoms with E-state index in [2.05, 4.69) is 0 Å². The van der Waals surface area contributed by atoms with Crippen LogP contribution in [-0.4, -0.2) is 20.8 Å². The molecule has 1 fully saturated rings. The number of methoxy groups -OCH3 is 2. The minimum atomic E-state index is -0.292. The molecule has 106 valence electrons. The van der Waals surface area contributed by atoms with E-state index in [1.54, 1.807) is 13.2 Å². The second kappa shape index (κ2) is 5.78. The number of benzene rings is 1. The topological polar surface area (TPSA) is 44.5 Å². The minimum Gasteiger partial charge on any atom is -0.497 e. The maximum atomic E-state index is 14.5. The Morgan fingerprint density at radius 1 is 1.16 bits per heavy atom. The van der Waals surface area contributed by atoms with Crippen LogP contribution in [0.5, 0.6) is 11.5 Å². The van der Waals surface area contributed by atoms with Gasteiger partial charge in [0.1, 0.15) is 17.3 Å². The Labute approximate surface area is 113 Å². The first-order valence-corrected chi connectivity index (χ1v) is 6.79. The highest BCUT2D eigenvalue weighted by Gasteiger charge is 2.37. The second-order valence-electron chi connectivity index (χ2n) is 5.23. The van der Waals surface area contributed by atoms with Gasteiger partial charge in [-0.2, -0.15) is 0 Å². The van der Waals surface area contributed by atoms with E-state index < -0.39 is 0 Å². The quantitative estimate of drug-likeness (QED) is 0.912. The zero-order valence-electron chi connectivity index (χ0n) is 11.7. The van der Waals surface area contributed by atoms with Crippen LogP contribution in [0.2, 0.25) is 0 Å². The fourth-order valence-electron chi connectivity index (χ4n) is 3.14. The molecule has 3 nitrogen and oxygen atoms in total. The van der Waals surface area contributed by atoms with Crippen LogP contribution in [0, 0.1) is 5.82 Å². The summed E-state index contributed by atoms with van der Waals surface area (Å²) in [5.41, 5.74) is 6.31. The maximum Gasteiger partial charge on any atom is 0.134 e. The van der Waals surface area contributed by atoms with Crippen molar-refractivity contribution in [1.29, 1.82) is 0 Å². The van der Waals surface area contributed by atoms with Gasteiger partial charge in [0, 0.05) is 29.7 Å². The van der Waals surface area contributed by atoms with Gasteiger partial charge in [0.2, 0.25) is 0 Å². The van der Waals surface area contributed by atoms with Crippen LogP contribution < -0.4 is 15.2 Å². The lowest BCUT2D eigenvalue weighted by Crippen LogP contribution is -2.38.